The van der Waals surface area contributed by atoms with Crippen LogP contribution >= 0.6 is 0 Å². The molecule has 20 heavy (non-hydrogen) atoms. The minimum atomic E-state index is -0.251. The number of fused-ring (bicyclic) bond motifs is 1. The first-order valence-corrected chi connectivity index (χ1v) is 6.78. The largest absolute Gasteiger partial charge is 0.349 e. The smallest absolute Gasteiger partial charge is 0.226 e. The number of carbonyl (C=O) groups excluding carboxylic acids is 1. The summed E-state index contributed by atoms with van der Waals surface area (Å²) in [5.41, 5.74) is 2.82. The highest BCUT2D eigenvalue weighted by atomic mass is 19.1. The van der Waals surface area contributed by atoms with Crippen LogP contribution in [0.3, 0.4) is 0 Å². The standard InChI is InChI=1S/C15H16FN3O/c16-11-5-4-10-2-1-3-14(13(10)8-11)18-15(20)9-12-6-7-17-19-12/h4-8,14H,1-3,9H2,(H,17,19)(H,18,20). The Balaban J connectivity index is 1.72. The zero-order chi connectivity index (χ0) is 13.9. The minimum absolute atomic E-state index is 0.0728. The average molecular weight is 273 g/mol. The molecule has 104 valence electrons. The predicted octanol–water partition coefficient (Wildman–Crippen LogP) is 2.29. The third kappa shape index (κ3) is 2.71. The van der Waals surface area contributed by atoms with E-state index in [1.54, 1.807) is 12.3 Å². The molecule has 3 rings (SSSR count). The van der Waals surface area contributed by atoms with Crippen LogP contribution < -0.4 is 5.32 Å². The molecule has 0 saturated heterocycles. The van der Waals surface area contributed by atoms with Gasteiger partial charge >= 0.3 is 0 Å². The summed E-state index contributed by atoms with van der Waals surface area (Å²) >= 11 is 0. The Hall–Kier alpha value is -2.17. The van der Waals surface area contributed by atoms with Gasteiger partial charge in [-0.2, -0.15) is 5.10 Å². The number of aromatic amines is 1. The summed E-state index contributed by atoms with van der Waals surface area (Å²) in [4.78, 5) is 12.0. The maximum atomic E-state index is 13.4. The number of nitrogens with zero attached hydrogens (tertiary/aromatic N) is 1. The van der Waals surface area contributed by atoms with Gasteiger partial charge in [-0.1, -0.05) is 6.07 Å². The molecule has 5 heteroatoms. The third-order valence-corrected chi connectivity index (χ3v) is 3.67. The van der Waals surface area contributed by atoms with E-state index in [1.165, 1.54) is 12.1 Å². The van der Waals surface area contributed by atoms with Crippen LogP contribution in [-0.2, 0) is 17.6 Å². The molecule has 4 nitrogen and oxygen atoms in total. The maximum absolute atomic E-state index is 13.4. The number of amides is 1. The van der Waals surface area contributed by atoms with Gasteiger partial charge in [0, 0.05) is 11.9 Å². The topological polar surface area (TPSA) is 57.8 Å². The Kier molecular flexibility index (Phi) is 3.50. The summed E-state index contributed by atoms with van der Waals surface area (Å²) in [5.74, 6) is -0.324. The van der Waals surface area contributed by atoms with E-state index in [-0.39, 0.29) is 24.2 Å². The number of aryl methyl sites for hydroxylation is 1. The van der Waals surface area contributed by atoms with Gasteiger partial charge in [0.25, 0.3) is 0 Å². The predicted molar refractivity (Wildman–Crippen MR) is 72.5 cm³/mol. The maximum Gasteiger partial charge on any atom is 0.226 e. The summed E-state index contributed by atoms with van der Waals surface area (Å²) < 4.78 is 13.4. The van der Waals surface area contributed by atoms with E-state index >= 15 is 0 Å². The minimum Gasteiger partial charge on any atom is -0.349 e. The molecular formula is C15H16FN3O. The van der Waals surface area contributed by atoms with Crippen molar-refractivity contribution in [2.75, 3.05) is 0 Å². The van der Waals surface area contributed by atoms with Gasteiger partial charge in [-0.3, -0.25) is 9.89 Å². The molecule has 0 radical (unpaired) electrons. The Morgan fingerprint density at radius 3 is 3.15 bits per heavy atom. The second-order valence-electron chi connectivity index (χ2n) is 5.11. The highest BCUT2D eigenvalue weighted by Crippen LogP contribution is 2.30. The first kappa shape index (κ1) is 12.8. The van der Waals surface area contributed by atoms with Crippen molar-refractivity contribution in [2.45, 2.75) is 31.7 Å². The van der Waals surface area contributed by atoms with Crippen LogP contribution in [-0.4, -0.2) is 16.1 Å². The quantitative estimate of drug-likeness (QED) is 0.901. The first-order valence-electron chi connectivity index (χ1n) is 6.78. The molecule has 1 atom stereocenters. The molecule has 0 aliphatic heterocycles. The number of nitrogens with one attached hydrogen (secondary N) is 2. The van der Waals surface area contributed by atoms with Gasteiger partial charge < -0.3 is 5.32 Å². The number of benzene rings is 1. The van der Waals surface area contributed by atoms with Crippen LogP contribution in [0, 0.1) is 5.82 Å². The van der Waals surface area contributed by atoms with Crippen LogP contribution in [0.2, 0.25) is 0 Å². The van der Waals surface area contributed by atoms with Crippen molar-refractivity contribution in [3.63, 3.8) is 0 Å². The molecule has 1 amide bonds. The summed E-state index contributed by atoms with van der Waals surface area (Å²) in [5, 5.41) is 9.56. The van der Waals surface area contributed by atoms with E-state index in [2.05, 4.69) is 15.5 Å². The first-order chi connectivity index (χ1) is 9.72. The molecule has 1 unspecified atom stereocenters. The lowest BCUT2D eigenvalue weighted by Gasteiger charge is -2.26. The lowest BCUT2D eigenvalue weighted by molar-refractivity contribution is -0.121. The van der Waals surface area contributed by atoms with Crippen LogP contribution in [0.4, 0.5) is 4.39 Å². The van der Waals surface area contributed by atoms with E-state index in [4.69, 9.17) is 0 Å². The van der Waals surface area contributed by atoms with E-state index < -0.39 is 0 Å². The average Bonchev–Trinajstić information content (AvgIpc) is 2.92. The number of hydrogen-bond acceptors (Lipinski definition) is 2. The van der Waals surface area contributed by atoms with Crippen LogP contribution in [0.1, 0.15) is 35.7 Å². The molecule has 1 aromatic carbocycles. The van der Waals surface area contributed by atoms with E-state index in [0.29, 0.717) is 0 Å². The molecule has 1 aliphatic carbocycles. The lowest BCUT2D eigenvalue weighted by Crippen LogP contribution is -2.32. The number of H-pyrrole nitrogens is 1. The second kappa shape index (κ2) is 5.45. The van der Waals surface area contributed by atoms with Crippen molar-refractivity contribution in [1.82, 2.24) is 15.5 Å². The summed E-state index contributed by atoms with van der Waals surface area (Å²) in [7, 11) is 0. The highest BCUT2D eigenvalue weighted by molar-refractivity contribution is 5.78. The molecular weight excluding hydrogens is 257 g/mol. The summed E-state index contributed by atoms with van der Waals surface area (Å²) in [6.45, 7) is 0. The molecule has 0 spiro atoms. The Morgan fingerprint density at radius 1 is 1.45 bits per heavy atom. The third-order valence-electron chi connectivity index (χ3n) is 3.67. The molecule has 0 fully saturated rings. The number of halogens is 1. The fourth-order valence-corrected chi connectivity index (χ4v) is 2.72. The van der Waals surface area contributed by atoms with E-state index in [0.717, 1.165) is 36.1 Å². The van der Waals surface area contributed by atoms with Crippen LogP contribution in [0.15, 0.2) is 30.5 Å². The zero-order valence-corrected chi connectivity index (χ0v) is 11.0. The number of carbonyl (C=O) groups is 1. The molecule has 0 saturated carbocycles. The van der Waals surface area contributed by atoms with Gasteiger partial charge in [-0.05, 0) is 48.6 Å². The van der Waals surface area contributed by atoms with Gasteiger partial charge in [0.15, 0.2) is 0 Å². The van der Waals surface area contributed by atoms with Crippen molar-refractivity contribution in [2.24, 2.45) is 0 Å². The summed E-state index contributed by atoms with van der Waals surface area (Å²) in [6, 6.07) is 6.51. The van der Waals surface area contributed by atoms with Crippen LogP contribution in [0.25, 0.3) is 0 Å². The number of aromatic nitrogens is 2. The molecule has 2 aromatic rings. The fourth-order valence-electron chi connectivity index (χ4n) is 2.72. The molecule has 0 bridgehead atoms. The molecule has 1 heterocycles. The lowest BCUT2D eigenvalue weighted by atomic mass is 9.87. The Bertz CT molecular complexity index is 610. The molecule has 1 aliphatic rings. The van der Waals surface area contributed by atoms with Crippen molar-refractivity contribution in [3.05, 3.63) is 53.1 Å². The van der Waals surface area contributed by atoms with E-state index in [1.807, 2.05) is 6.07 Å². The Labute approximate surface area is 116 Å². The monoisotopic (exact) mass is 273 g/mol. The van der Waals surface area contributed by atoms with Gasteiger partial charge in [-0.15, -0.1) is 0 Å². The van der Waals surface area contributed by atoms with Crippen molar-refractivity contribution >= 4 is 5.91 Å². The second-order valence-corrected chi connectivity index (χ2v) is 5.11. The van der Waals surface area contributed by atoms with E-state index in [9.17, 15) is 9.18 Å². The molecule has 1 aromatic heterocycles. The number of rotatable bonds is 3. The number of hydrogen-bond donors (Lipinski definition) is 2. The zero-order valence-electron chi connectivity index (χ0n) is 11.0. The van der Waals surface area contributed by atoms with Gasteiger partial charge in [0.05, 0.1) is 12.5 Å². The highest BCUT2D eigenvalue weighted by Gasteiger charge is 2.22. The van der Waals surface area contributed by atoms with Gasteiger partial charge in [0.2, 0.25) is 5.91 Å². The van der Waals surface area contributed by atoms with Crippen molar-refractivity contribution < 1.29 is 9.18 Å². The normalized spacial score (nSPS) is 17.6. The van der Waals surface area contributed by atoms with Crippen LogP contribution in [0.5, 0.6) is 0 Å². The SMILES string of the molecule is O=C(Cc1ccn[nH]1)NC1CCCc2ccc(F)cc21. The fraction of sp³-hybridized carbons (Fsp3) is 0.333. The Morgan fingerprint density at radius 2 is 2.35 bits per heavy atom. The summed E-state index contributed by atoms with van der Waals surface area (Å²) in [6.07, 6.45) is 4.69. The van der Waals surface area contributed by atoms with Crippen molar-refractivity contribution in [3.8, 4) is 0 Å². The van der Waals surface area contributed by atoms with Gasteiger partial charge in [-0.25, -0.2) is 4.39 Å². The molecule has 2 N–H and O–H groups in total. The van der Waals surface area contributed by atoms with Crippen molar-refractivity contribution in [1.29, 1.82) is 0 Å². The van der Waals surface area contributed by atoms with Gasteiger partial charge in [0.1, 0.15) is 5.82 Å².